The molecule has 2 unspecified atom stereocenters. The molecule has 166 valence electrons. The predicted octanol–water partition coefficient (Wildman–Crippen LogP) is 2.13. The monoisotopic (exact) mass is 424 g/mol. The quantitative estimate of drug-likeness (QED) is 0.710. The summed E-state index contributed by atoms with van der Waals surface area (Å²) in [5.74, 6) is 1.91. The molecule has 7 heteroatoms. The molecule has 0 aromatic heterocycles. The zero-order chi connectivity index (χ0) is 21.6. The van der Waals surface area contributed by atoms with Crippen LogP contribution in [0.15, 0.2) is 48.5 Å². The highest BCUT2D eigenvalue weighted by Gasteiger charge is 2.34. The molecule has 0 spiro atoms. The zero-order valence-electron chi connectivity index (χ0n) is 18.3. The van der Waals surface area contributed by atoms with Crippen LogP contribution in [0, 0.1) is 6.92 Å². The van der Waals surface area contributed by atoms with Crippen LogP contribution < -0.4 is 20.3 Å². The van der Waals surface area contributed by atoms with E-state index in [4.69, 9.17) is 9.47 Å². The highest BCUT2D eigenvalue weighted by molar-refractivity contribution is 5.82. The molecule has 2 fully saturated rings. The van der Waals surface area contributed by atoms with Gasteiger partial charge in [0.1, 0.15) is 24.1 Å². The van der Waals surface area contributed by atoms with Gasteiger partial charge in [-0.3, -0.25) is 9.69 Å². The summed E-state index contributed by atoms with van der Waals surface area (Å²) in [4.78, 5) is 17.3. The smallest absolute Gasteiger partial charge is 0.241 e. The first-order chi connectivity index (χ1) is 15.1. The van der Waals surface area contributed by atoms with Crippen molar-refractivity contribution >= 4 is 5.91 Å². The minimum atomic E-state index is -0.201. The van der Waals surface area contributed by atoms with Gasteiger partial charge >= 0.3 is 0 Å². The van der Waals surface area contributed by atoms with Gasteiger partial charge in [-0.1, -0.05) is 29.8 Å². The SMILES string of the molecule is COc1cccc(C2CC(C(=O)N3CCN(CCOc4ccc(C)cc4)CC3)NN2)c1. The van der Waals surface area contributed by atoms with Crippen LogP contribution in [-0.4, -0.2) is 68.2 Å². The number of carbonyl (C=O) groups is 1. The molecule has 1 amide bonds. The van der Waals surface area contributed by atoms with E-state index in [0.29, 0.717) is 6.61 Å². The van der Waals surface area contributed by atoms with Crippen LogP contribution in [0.4, 0.5) is 0 Å². The largest absolute Gasteiger partial charge is 0.497 e. The standard InChI is InChI=1S/C24H32N4O3/c1-18-6-8-20(9-7-18)31-15-14-27-10-12-28(13-11-27)24(29)23-17-22(25-26-23)19-4-3-5-21(16-19)30-2/h3-9,16,22-23,25-26H,10-15,17H2,1-2H3. The number of rotatable bonds is 7. The summed E-state index contributed by atoms with van der Waals surface area (Å²) < 4.78 is 11.2. The van der Waals surface area contributed by atoms with Crippen LogP contribution in [0.2, 0.25) is 0 Å². The number of nitrogens with one attached hydrogen (secondary N) is 2. The number of nitrogens with zero attached hydrogens (tertiary/aromatic N) is 2. The fraction of sp³-hybridized carbons (Fsp3) is 0.458. The Bertz CT molecular complexity index is 865. The average Bonchev–Trinajstić information content (AvgIpc) is 3.31. The summed E-state index contributed by atoms with van der Waals surface area (Å²) >= 11 is 0. The van der Waals surface area contributed by atoms with Gasteiger partial charge in [-0.25, -0.2) is 10.9 Å². The molecule has 2 heterocycles. The summed E-state index contributed by atoms with van der Waals surface area (Å²) in [6.07, 6.45) is 0.733. The molecule has 31 heavy (non-hydrogen) atoms. The van der Waals surface area contributed by atoms with E-state index in [9.17, 15) is 4.79 Å². The van der Waals surface area contributed by atoms with E-state index < -0.39 is 0 Å². The van der Waals surface area contributed by atoms with Gasteiger partial charge in [-0.05, 0) is 43.2 Å². The first-order valence-corrected chi connectivity index (χ1v) is 11.0. The Labute approximate surface area is 184 Å². The predicted molar refractivity (Wildman–Crippen MR) is 120 cm³/mol. The van der Waals surface area contributed by atoms with Gasteiger partial charge in [-0.2, -0.15) is 0 Å². The summed E-state index contributed by atoms with van der Waals surface area (Å²) in [6, 6.07) is 16.0. The average molecular weight is 425 g/mol. The fourth-order valence-electron chi connectivity index (χ4n) is 4.13. The molecule has 0 aliphatic carbocycles. The van der Waals surface area contributed by atoms with E-state index >= 15 is 0 Å². The first kappa shape index (κ1) is 21.6. The maximum atomic E-state index is 13.0. The number of amides is 1. The third kappa shape index (κ3) is 5.55. The normalized spacial score (nSPS) is 21.8. The number of hydrogen-bond donors (Lipinski definition) is 2. The molecule has 2 N–H and O–H groups in total. The molecule has 2 saturated heterocycles. The molecule has 4 rings (SSSR count). The van der Waals surface area contributed by atoms with E-state index in [0.717, 1.165) is 56.2 Å². The topological polar surface area (TPSA) is 66.1 Å². The lowest BCUT2D eigenvalue weighted by molar-refractivity contribution is -0.135. The molecule has 0 radical (unpaired) electrons. The summed E-state index contributed by atoms with van der Waals surface area (Å²) in [5, 5.41) is 0. The number of piperazine rings is 1. The van der Waals surface area contributed by atoms with Gasteiger partial charge < -0.3 is 14.4 Å². The number of benzene rings is 2. The number of aryl methyl sites for hydroxylation is 1. The van der Waals surface area contributed by atoms with E-state index in [1.165, 1.54) is 5.56 Å². The Morgan fingerprint density at radius 2 is 1.81 bits per heavy atom. The minimum absolute atomic E-state index is 0.101. The highest BCUT2D eigenvalue weighted by Crippen LogP contribution is 2.26. The second kappa shape index (κ2) is 10.1. The molecule has 2 aliphatic heterocycles. The van der Waals surface area contributed by atoms with Crippen molar-refractivity contribution in [3.8, 4) is 11.5 Å². The summed E-state index contributed by atoms with van der Waals surface area (Å²) in [7, 11) is 1.67. The molecule has 2 aliphatic rings. The summed E-state index contributed by atoms with van der Waals surface area (Å²) in [5.41, 5.74) is 8.82. The van der Waals surface area contributed by atoms with Crippen LogP contribution in [-0.2, 0) is 4.79 Å². The van der Waals surface area contributed by atoms with Crippen molar-refractivity contribution in [2.45, 2.75) is 25.4 Å². The second-order valence-corrected chi connectivity index (χ2v) is 8.23. The van der Waals surface area contributed by atoms with Crippen molar-refractivity contribution in [3.05, 3.63) is 59.7 Å². The molecular formula is C24H32N4O3. The van der Waals surface area contributed by atoms with Crippen molar-refractivity contribution in [3.63, 3.8) is 0 Å². The zero-order valence-corrected chi connectivity index (χ0v) is 18.3. The van der Waals surface area contributed by atoms with Crippen LogP contribution >= 0.6 is 0 Å². The minimum Gasteiger partial charge on any atom is -0.497 e. The van der Waals surface area contributed by atoms with Gasteiger partial charge in [0.25, 0.3) is 0 Å². The summed E-state index contributed by atoms with van der Waals surface area (Å²) in [6.45, 7) is 6.87. The Hall–Kier alpha value is -2.61. The first-order valence-electron chi connectivity index (χ1n) is 11.0. The second-order valence-electron chi connectivity index (χ2n) is 8.23. The maximum absolute atomic E-state index is 13.0. The molecular weight excluding hydrogens is 392 g/mol. The van der Waals surface area contributed by atoms with E-state index in [1.807, 2.05) is 35.2 Å². The third-order valence-corrected chi connectivity index (χ3v) is 6.08. The van der Waals surface area contributed by atoms with Gasteiger partial charge in [0.05, 0.1) is 7.11 Å². The van der Waals surface area contributed by atoms with Gasteiger partial charge in [0, 0.05) is 38.8 Å². The highest BCUT2D eigenvalue weighted by atomic mass is 16.5. The van der Waals surface area contributed by atoms with Crippen molar-refractivity contribution in [2.24, 2.45) is 0 Å². The molecule has 2 aromatic rings. The number of hydrazine groups is 1. The van der Waals surface area contributed by atoms with Gasteiger partial charge in [0.2, 0.25) is 5.91 Å². The van der Waals surface area contributed by atoms with Crippen molar-refractivity contribution in [1.82, 2.24) is 20.7 Å². The van der Waals surface area contributed by atoms with Crippen LogP contribution in [0.25, 0.3) is 0 Å². The Kier molecular flexibility index (Phi) is 7.06. The van der Waals surface area contributed by atoms with Crippen molar-refractivity contribution in [2.75, 3.05) is 46.4 Å². The van der Waals surface area contributed by atoms with Gasteiger partial charge in [0.15, 0.2) is 0 Å². The Morgan fingerprint density at radius 3 is 2.55 bits per heavy atom. The van der Waals surface area contributed by atoms with Crippen LogP contribution in [0.1, 0.15) is 23.6 Å². The molecule has 2 atom stereocenters. The number of ether oxygens (including phenoxy) is 2. The lowest BCUT2D eigenvalue weighted by Gasteiger charge is -2.35. The molecule has 0 bridgehead atoms. The number of hydrogen-bond acceptors (Lipinski definition) is 6. The Balaban J connectivity index is 1.20. The maximum Gasteiger partial charge on any atom is 0.241 e. The lowest BCUT2D eigenvalue weighted by atomic mass is 10.0. The van der Waals surface area contributed by atoms with E-state index in [-0.39, 0.29) is 18.0 Å². The van der Waals surface area contributed by atoms with E-state index in [1.54, 1.807) is 7.11 Å². The van der Waals surface area contributed by atoms with E-state index in [2.05, 4.69) is 40.9 Å². The number of methoxy groups -OCH3 is 1. The molecule has 0 saturated carbocycles. The van der Waals surface area contributed by atoms with Crippen LogP contribution in [0.5, 0.6) is 11.5 Å². The van der Waals surface area contributed by atoms with Gasteiger partial charge in [-0.15, -0.1) is 0 Å². The molecule has 2 aromatic carbocycles. The van der Waals surface area contributed by atoms with Crippen molar-refractivity contribution in [1.29, 1.82) is 0 Å². The third-order valence-electron chi connectivity index (χ3n) is 6.08. The lowest BCUT2D eigenvalue weighted by Crippen LogP contribution is -2.54. The molecule has 7 nitrogen and oxygen atoms in total. The number of carbonyl (C=O) groups excluding carboxylic acids is 1. The van der Waals surface area contributed by atoms with Crippen LogP contribution in [0.3, 0.4) is 0 Å². The Morgan fingerprint density at radius 1 is 1.03 bits per heavy atom. The van der Waals surface area contributed by atoms with Crippen molar-refractivity contribution < 1.29 is 14.3 Å². The fourth-order valence-corrected chi connectivity index (χ4v) is 4.13.